The van der Waals surface area contributed by atoms with Crippen LogP contribution < -0.4 is 5.32 Å². The lowest BCUT2D eigenvalue weighted by atomic mass is 9.98. The fourth-order valence-electron chi connectivity index (χ4n) is 3.66. The Morgan fingerprint density at radius 1 is 1.22 bits per heavy atom. The summed E-state index contributed by atoms with van der Waals surface area (Å²) in [6, 6.07) is 7.88. The Morgan fingerprint density at radius 2 is 2.07 bits per heavy atom. The first kappa shape index (κ1) is 19.1. The number of amides is 2. The molecule has 144 valence electrons. The van der Waals surface area contributed by atoms with Crippen molar-refractivity contribution in [3.8, 4) is 0 Å². The molecule has 1 saturated heterocycles. The quantitative estimate of drug-likeness (QED) is 0.796. The number of carbonyl (C=O) groups excluding carboxylic acids is 2. The van der Waals surface area contributed by atoms with Gasteiger partial charge in [0.15, 0.2) is 0 Å². The van der Waals surface area contributed by atoms with Crippen LogP contribution in [0.4, 0.5) is 5.69 Å². The number of piperidine rings is 1. The molecule has 1 atom stereocenters. The van der Waals surface area contributed by atoms with Crippen molar-refractivity contribution >= 4 is 17.5 Å². The number of rotatable bonds is 6. The van der Waals surface area contributed by atoms with E-state index in [0.29, 0.717) is 0 Å². The van der Waals surface area contributed by atoms with Gasteiger partial charge in [0, 0.05) is 37.2 Å². The Balaban J connectivity index is 1.57. The van der Waals surface area contributed by atoms with Crippen LogP contribution in [0.15, 0.2) is 36.7 Å². The molecule has 2 amide bonds. The molecule has 2 heterocycles. The van der Waals surface area contributed by atoms with Crippen molar-refractivity contribution in [2.45, 2.75) is 58.5 Å². The van der Waals surface area contributed by atoms with Crippen molar-refractivity contribution in [2.75, 3.05) is 11.9 Å². The Morgan fingerprint density at radius 3 is 2.85 bits per heavy atom. The molecule has 0 bridgehead atoms. The van der Waals surface area contributed by atoms with Gasteiger partial charge in [-0.15, -0.1) is 0 Å². The van der Waals surface area contributed by atoms with E-state index in [1.807, 2.05) is 53.9 Å². The van der Waals surface area contributed by atoms with E-state index in [9.17, 15) is 9.59 Å². The Kier molecular flexibility index (Phi) is 6.27. The Hall–Kier alpha value is -2.63. The van der Waals surface area contributed by atoms with Gasteiger partial charge in [0.2, 0.25) is 11.8 Å². The highest BCUT2D eigenvalue weighted by molar-refractivity contribution is 6.04. The molecule has 1 aromatic heterocycles. The zero-order chi connectivity index (χ0) is 19.2. The summed E-state index contributed by atoms with van der Waals surface area (Å²) in [6.45, 7) is 5.51. The average molecular weight is 368 g/mol. The lowest BCUT2D eigenvalue weighted by Gasteiger charge is -2.36. The van der Waals surface area contributed by atoms with Crippen LogP contribution in [-0.4, -0.2) is 39.1 Å². The number of nitrogens with zero attached hydrogens (tertiary/aromatic N) is 3. The molecular formula is C21H28N4O2. The van der Waals surface area contributed by atoms with Gasteiger partial charge in [-0.2, -0.15) is 5.10 Å². The van der Waals surface area contributed by atoms with Crippen molar-refractivity contribution in [1.29, 1.82) is 0 Å². The summed E-state index contributed by atoms with van der Waals surface area (Å²) in [4.78, 5) is 27.1. The number of nitrogens with one attached hydrogen (secondary N) is 1. The molecule has 1 aliphatic rings. The van der Waals surface area contributed by atoms with Gasteiger partial charge in [-0.05, 0) is 62.8 Å². The third-order valence-corrected chi connectivity index (χ3v) is 5.39. The van der Waals surface area contributed by atoms with E-state index >= 15 is 0 Å². The molecular weight excluding hydrogens is 340 g/mol. The number of hydrogen-bond acceptors (Lipinski definition) is 3. The van der Waals surface area contributed by atoms with Crippen molar-refractivity contribution < 1.29 is 9.59 Å². The Bertz CT molecular complexity index is 785. The summed E-state index contributed by atoms with van der Waals surface area (Å²) < 4.78 is 1.89. The molecule has 0 radical (unpaired) electrons. The first-order valence-corrected chi connectivity index (χ1v) is 9.67. The number of likely N-dealkylation sites (tertiary alicyclic amines) is 1. The van der Waals surface area contributed by atoms with E-state index in [1.165, 1.54) is 0 Å². The summed E-state index contributed by atoms with van der Waals surface area (Å²) >= 11 is 0. The zero-order valence-electron chi connectivity index (χ0n) is 16.1. The minimum Gasteiger partial charge on any atom is -0.339 e. The number of aromatic nitrogens is 2. The zero-order valence-corrected chi connectivity index (χ0v) is 16.1. The molecule has 1 unspecified atom stereocenters. The summed E-state index contributed by atoms with van der Waals surface area (Å²) in [5.74, 6) is -0.326. The lowest BCUT2D eigenvalue weighted by molar-refractivity contribution is -0.137. The second-order valence-corrected chi connectivity index (χ2v) is 7.27. The molecule has 3 rings (SSSR count). The molecule has 1 aliphatic heterocycles. The normalized spacial score (nSPS) is 17.0. The highest BCUT2D eigenvalue weighted by Crippen LogP contribution is 2.22. The topological polar surface area (TPSA) is 67.2 Å². The number of hydrogen-bond donors (Lipinski definition) is 1. The van der Waals surface area contributed by atoms with Crippen LogP contribution in [0.1, 0.15) is 43.2 Å². The minimum atomic E-state index is -0.245. The molecule has 2 aromatic rings. The molecule has 6 nitrogen and oxygen atoms in total. The lowest BCUT2D eigenvalue weighted by Crippen LogP contribution is -2.45. The predicted molar refractivity (Wildman–Crippen MR) is 105 cm³/mol. The van der Waals surface area contributed by atoms with E-state index in [1.54, 1.807) is 6.20 Å². The molecule has 27 heavy (non-hydrogen) atoms. The van der Waals surface area contributed by atoms with Gasteiger partial charge in [0.1, 0.15) is 6.42 Å². The molecule has 1 aromatic carbocycles. The van der Waals surface area contributed by atoms with Gasteiger partial charge in [0.25, 0.3) is 0 Å². The number of carbonyl (C=O) groups is 2. The first-order valence-electron chi connectivity index (χ1n) is 9.67. The minimum absolute atomic E-state index is 0.0806. The number of anilines is 1. The van der Waals surface area contributed by atoms with Gasteiger partial charge in [-0.1, -0.05) is 12.1 Å². The highest BCUT2D eigenvalue weighted by Gasteiger charge is 2.27. The largest absolute Gasteiger partial charge is 0.339 e. The molecule has 6 heteroatoms. The van der Waals surface area contributed by atoms with Crippen LogP contribution in [-0.2, 0) is 16.1 Å². The second-order valence-electron chi connectivity index (χ2n) is 7.27. The van der Waals surface area contributed by atoms with E-state index in [4.69, 9.17) is 0 Å². The fourth-order valence-corrected chi connectivity index (χ4v) is 3.66. The van der Waals surface area contributed by atoms with E-state index in [2.05, 4.69) is 10.4 Å². The fraction of sp³-hybridized carbons (Fsp3) is 0.476. The standard InChI is InChI=1S/C21H28N4O2/c1-16-7-5-9-19(17(16)2)23-20(26)15-21(27)25-13-4-3-8-18(25)10-14-24-12-6-11-22-24/h5-7,9,11-12,18H,3-4,8,10,13-15H2,1-2H3,(H,23,26). The first-order chi connectivity index (χ1) is 13.0. The van der Waals surface area contributed by atoms with Crippen LogP contribution in [0.3, 0.4) is 0 Å². The van der Waals surface area contributed by atoms with Crippen LogP contribution in [0.25, 0.3) is 0 Å². The molecule has 1 fully saturated rings. The summed E-state index contributed by atoms with van der Waals surface area (Å²) in [5, 5.41) is 7.12. The number of aryl methyl sites for hydroxylation is 2. The van der Waals surface area contributed by atoms with Crippen LogP contribution >= 0.6 is 0 Å². The van der Waals surface area contributed by atoms with Crippen molar-refractivity contribution in [2.24, 2.45) is 0 Å². The molecule has 0 saturated carbocycles. The van der Waals surface area contributed by atoms with Crippen LogP contribution in [0.5, 0.6) is 0 Å². The maximum atomic E-state index is 12.8. The third-order valence-electron chi connectivity index (χ3n) is 5.39. The molecule has 1 N–H and O–H groups in total. The maximum absolute atomic E-state index is 12.8. The summed E-state index contributed by atoms with van der Waals surface area (Å²) in [5.41, 5.74) is 2.93. The highest BCUT2D eigenvalue weighted by atomic mass is 16.2. The van der Waals surface area contributed by atoms with Gasteiger partial charge in [-0.25, -0.2) is 0 Å². The van der Waals surface area contributed by atoms with Gasteiger partial charge in [0.05, 0.1) is 0 Å². The van der Waals surface area contributed by atoms with Gasteiger partial charge < -0.3 is 10.2 Å². The van der Waals surface area contributed by atoms with Gasteiger partial charge in [-0.3, -0.25) is 14.3 Å². The van der Waals surface area contributed by atoms with E-state index in [-0.39, 0.29) is 24.3 Å². The monoisotopic (exact) mass is 368 g/mol. The third kappa shape index (κ3) is 4.96. The summed E-state index contributed by atoms with van der Waals surface area (Å²) in [6.07, 6.45) is 7.59. The van der Waals surface area contributed by atoms with Gasteiger partial charge >= 0.3 is 0 Å². The number of benzene rings is 1. The Labute approximate surface area is 160 Å². The summed E-state index contributed by atoms with van der Waals surface area (Å²) in [7, 11) is 0. The van der Waals surface area contributed by atoms with Crippen LogP contribution in [0.2, 0.25) is 0 Å². The molecule has 0 aliphatic carbocycles. The van der Waals surface area contributed by atoms with E-state index in [0.717, 1.165) is 55.6 Å². The SMILES string of the molecule is Cc1cccc(NC(=O)CC(=O)N2CCCCC2CCn2cccn2)c1C. The smallest absolute Gasteiger partial charge is 0.233 e. The second kappa shape index (κ2) is 8.84. The molecule has 0 spiro atoms. The van der Waals surface area contributed by atoms with Crippen molar-refractivity contribution in [3.05, 3.63) is 47.8 Å². The predicted octanol–water partition coefficient (Wildman–Crippen LogP) is 3.30. The van der Waals surface area contributed by atoms with Crippen molar-refractivity contribution in [3.63, 3.8) is 0 Å². The van der Waals surface area contributed by atoms with Crippen molar-refractivity contribution in [1.82, 2.24) is 14.7 Å². The average Bonchev–Trinajstić information content (AvgIpc) is 3.17. The van der Waals surface area contributed by atoms with E-state index < -0.39 is 0 Å². The maximum Gasteiger partial charge on any atom is 0.233 e. The van der Waals surface area contributed by atoms with Crippen LogP contribution in [0, 0.1) is 13.8 Å².